The Balaban J connectivity index is 1.84. The fourth-order valence-electron chi connectivity index (χ4n) is 1.86. The van der Waals surface area contributed by atoms with Crippen LogP contribution in [0, 0.1) is 0 Å². The molecular formula is C14H13N3S. The fourth-order valence-corrected chi connectivity index (χ4v) is 2.62. The molecule has 0 aliphatic heterocycles. The van der Waals surface area contributed by atoms with Crippen molar-refractivity contribution in [1.82, 2.24) is 10.2 Å². The quantitative estimate of drug-likeness (QED) is 0.745. The van der Waals surface area contributed by atoms with Crippen LogP contribution in [0.1, 0.15) is 5.69 Å². The summed E-state index contributed by atoms with van der Waals surface area (Å²) < 4.78 is 0. The van der Waals surface area contributed by atoms with Crippen molar-refractivity contribution in [2.75, 3.05) is 5.32 Å². The number of hydrogen-bond donors (Lipinski definition) is 2. The summed E-state index contributed by atoms with van der Waals surface area (Å²) in [5.74, 6) is 0. The van der Waals surface area contributed by atoms with Crippen LogP contribution in [0.15, 0.2) is 54.0 Å². The summed E-state index contributed by atoms with van der Waals surface area (Å²) in [4.78, 5) is 1.28. The van der Waals surface area contributed by atoms with Gasteiger partial charge in [0.15, 0.2) is 0 Å². The van der Waals surface area contributed by atoms with Crippen LogP contribution in [0.4, 0.5) is 5.69 Å². The van der Waals surface area contributed by atoms with Crippen molar-refractivity contribution in [2.45, 2.75) is 6.54 Å². The highest BCUT2D eigenvalue weighted by atomic mass is 32.1. The highest BCUT2D eigenvalue weighted by Gasteiger charge is 2.05. The summed E-state index contributed by atoms with van der Waals surface area (Å²) in [7, 11) is 0. The lowest BCUT2D eigenvalue weighted by Crippen LogP contribution is -2.00. The maximum Gasteiger partial charge on any atom is 0.0567 e. The predicted molar refractivity (Wildman–Crippen MR) is 75.7 cm³/mol. The third-order valence-corrected chi connectivity index (χ3v) is 3.64. The second-order valence-corrected chi connectivity index (χ2v) is 4.91. The smallest absolute Gasteiger partial charge is 0.0567 e. The molecule has 3 nitrogen and oxygen atoms in total. The zero-order chi connectivity index (χ0) is 12.2. The van der Waals surface area contributed by atoms with Gasteiger partial charge >= 0.3 is 0 Å². The van der Waals surface area contributed by atoms with Crippen molar-refractivity contribution in [3.8, 4) is 10.4 Å². The van der Waals surface area contributed by atoms with Gasteiger partial charge in [-0.05, 0) is 23.6 Å². The number of H-pyrrole nitrogens is 1. The first-order chi connectivity index (χ1) is 8.93. The van der Waals surface area contributed by atoms with Gasteiger partial charge in [0.25, 0.3) is 0 Å². The Morgan fingerprint density at radius 1 is 1.11 bits per heavy atom. The second kappa shape index (κ2) is 5.06. The van der Waals surface area contributed by atoms with E-state index in [2.05, 4.69) is 51.2 Å². The molecule has 0 amide bonds. The SMILES string of the molecule is c1csc(-c2ccccc2NCc2ccn[nH]2)c1. The first-order valence-corrected chi connectivity index (χ1v) is 6.66. The fraction of sp³-hybridized carbons (Fsp3) is 0.0714. The Morgan fingerprint density at radius 3 is 2.83 bits per heavy atom. The molecule has 3 rings (SSSR count). The van der Waals surface area contributed by atoms with E-state index in [-0.39, 0.29) is 0 Å². The zero-order valence-corrected chi connectivity index (χ0v) is 10.6. The normalized spacial score (nSPS) is 10.4. The predicted octanol–water partition coefficient (Wildman–Crippen LogP) is 3.75. The molecule has 2 N–H and O–H groups in total. The van der Waals surface area contributed by atoms with E-state index in [9.17, 15) is 0 Å². The van der Waals surface area contributed by atoms with Crippen LogP contribution in [0.2, 0.25) is 0 Å². The summed E-state index contributed by atoms with van der Waals surface area (Å²) in [6, 6.07) is 14.5. The van der Waals surface area contributed by atoms with Gasteiger partial charge in [-0.2, -0.15) is 5.10 Å². The summed E-state index contributed by atoms with van der Waals surface area (Å²) in [6.45, 7) is 0.752. The molecule has 3 aromatic rings. The van der Waals surface area contributed by atoms with E-state index in [0.717, 1.165) is 17.9 Å². The van der Waals surface area contributed by atoms with Gasteiger partial charge in [-0.15, -0.1) is 11.3 Å². The third kappa shape index (κ3) is 2.28. The van der Waals surface area contributed by atoms with Gasteiger partial charge < -0.3 is 5.32 Å². The first-order valence-electron chi connectivity index (χ1n) is 5.78. The van der Waals surface area contributed by atoms with Gasteiger partial charge in [0, 0.05) is 22.3 Å². The number of thiophene rings is 1. The topological polar surface area (TPSA) is 40.7 Å². The molecule has 0 saturated carbocycles. The molecule has 0 atom stereocenters. The standard InChI is InChI=1S/C14H13N3S/c1-2-5-13(15-10-11-7-8-16-17-11)12(4-1)14-6-3-9-18-14/h1-9,15H,10H2,(H,16,17). The van der Waals surface area contributed by atoms with Crippen LogP contribution in [-0.2, 0) is 6.54 Å². The lowest BCUT2D eigenvalue weighted by molar-refractivity contribution is 0.982. The molecule has 0 aliphatic carbocycles. The molecule has 0 fully saturated rings. The highest BCUT2D eigenvalue weighted by Crippen LogP contribution is 2.31. The van der Waals surface area contributed by atoms with Gasteiger partial charge in [-0.3, -0.25) is 5.10 Å². The van der Waals surface area contributed by atoms with E-state index in [1.807, 2.05) is 12.1 Å². The number of para-hydroxylation sites is 1. The van der Waals surface area contributed by atoms with E-state index >= 15 is 0 Å². The van der Waals surface area contributed by atoms with Gasteiger partial charge in [0.1, 0.15) is 0 Å². The molecule has 0 saturated heterocycles. The Kier molecular flexibility index (Phi) is 3.10. The molecule has 90 valence electrons. The van der Waals surface area contributed by atoms with Crippen LogP contribution in [-0.4, -0.2) is 10.2 Å². The lowest BCUT2D eigenvalue weighted by Gasteiger charge is -2.09. The van der Waals surface area contributed by atoms with Crippen molar-refractivity contribution in [1.29, 1.82) is 0 Å². The molecule has 0 spiro atoms. The maximum atomic E-state index is 3.94. The van der Waals surface area contributed by atoms with Crippen LogP contribution < -0.4 is 5.32 Å². The van der Waals surface area contributed by atoms with E-state index in [4.69, 9.17) is 0 Å². The van der Waals surface area contributed by atoms with Gasteiger partial charge in [0.05, 0.1) is 12.2 Å². The number of nitrogens with one attached hydrogen (secondary N) is 2. The number of aromatic nitrogens is 2. The Morgan fingerprint density at radius 2 is 2.06 bits per heavy atom. The Labute approximate surface area is 109 Å². The van der Waals surface area contributed by atoms with E-state index < -0.39 is 0 Å². The minimum atomic E-state index is 0.752. The van der Waals surface area contributed by atoms with Crippen molar-refractivity contribution in [3.63, 3.8) is 0 Å². The largest absolute Gasteiger partial charge is 0.379 e. The van der Waals surface area contributed by atoms with E-state index in [1.54, 1.807) is 17.5 Å². The van der Waals surface area contributed by atoms with Crippen molar-refractivity contribution in [2.24, 2.45) is 0 Å². The average molecular weight is 255 g/mol. The highest BCUT2D eigenvalue weighted by molar-refractivity contribution is 7.13. The minimum absolute atomic E-state index is 0.752. The number of rotatable bonds is 4. The molecule has 4 heteroatoms. The van der Waals surface area contributed by atoms with Crippen LogP contribution in [0.5, 0.6) is 0 Å². The number of hydrogen-bond acceptors (Lipinski definition) is 3. The van der Waals surface area contributed by atoms with Crippen LogP contribution in [0.25, 0.3) is 10.4 Å². The van der Waals surface area contributed by atoms with Crippen LogP contribution >= 0.6 is 11.3 Å². The number of nitrogens with zero attached hydrogens (tertiary/aromatic N) is 1. The average Bonchev–Trinajstić information content (AvgIpc) is 3.10. The van der Waals surface area contributed by atoms with Crippen molar-refractivity contribution >= 4 is 17.0 Å². The third-order valence-electron chi connectivity index (χ3n) is 2.74. The Bertz CT molecular complexity index is 600. The maximum absolute atomic E-state index is 3.94. The first kappa shape index (κ1) is 11.0. The van der Waals surface area contributed by atoms with Gasteiger partial charge in [-0.25, -0.2) is 0 Å². The minimum Gasteiger partial charge on any atom is -0.379 e. The molecule has 1 aromatic carbocycles. The molecule has 0 unspecified atom stereocenters. The number of anilines is 1. The molecule has 2 heterocycles. The Hall–Kier alpha value is -2.07. The summed E-state index contributed by atoms with van der Waals surface area (Å²) >= 11 is 1.75. The van der Waals surface area contributed by atoms with Crippen molar-refractivity contribution < 1.29 is 0 Å². The van der Waals surface area contributed by atoms with E-state index in [0.29, 0.717) is 0 Å². The van der Waals surface area contributed by atoms with Gasteiger partial charge in [0.2, 0.25) is 0 Å². The zero-order valence-electron chi connectivity index (χ0n) is 9.76. The molecule has 2 aromatic heterocycles. The molecule has 0 aliphatic rings. The van der Waals surface area contributed by atoms with E-state index in [1.165, 1.54) is 10.4 Å². The number of benzene rings is 1. The van der Waals surface area contributed by atoms with Gasteiger partial charge in [-0.1, -0.05) is 24.3 Å². The van der Waals surface area contributed by atoms with Crippen LogP contribution in [0.3, 0.4) is 0 Å². The number of aromatic amines is 1. The summed E-state index contributed by atoms with van der Waals surface area (Å²) in [5.41, 5.74) is 3.47. The van der Waals surface area contributed by atoms with Crippen molar-refractivity contribution in [3.05, 3.63) is 59.7 Å². The monoisotopic (exact) mass is 255 g/mol. The molecular weight excluding hydrogens is 242 g/mol. The second-order valence-electron chi connectivity index (χ2n) is 3.96. The summed E-state index contributed by atoms with van der Waals surface area (Å²) in [6.07, 6.45) is 1.77. The summed E-state index contributed by atoms with van der Waals surface area (Å²) in [5, 5.41) is 12.4. The molecule has 18 heavy (non-hydrogen) atoms. The molecule has 0 radical (unpaired) electrons. The lowest BCUT2D eigenvalue weighted by atomic mass is 10.1. The molecule has 0 bridgehead atoms.